The van der Waals surface area contributed by atoms with E-state index in [1.807, 2.05) is 0 Å². The molecule has 24 heavy (non-hydrogen) atoms. The molecule has 6 heteroatoms. The van der Waals surface area contributed by atoms with Gasteiger partial charge in [0.25, 0.3) is 0 Å². The molecule has 1 unspecified atom stereocenters. The molecule has 1 aliphatic carbocycles. The first-order valence-corrected chi connectivity index (χ1v) is 9.44. The van der Waals surface area contributed by atoms with Gasteiger partial charge in [-0.05, 0) is 50.6 Å². The fourth-order valence-corrected chi connectivity index (χ4v) is 5.00. The van der Waals surface area contributed by atoms with Crippen LogP contribution < -0.4 is 5.32 Å². The van der Waals surface area contributed by atoms with Gasteiger partial charge in [0, 0.05) is 25.6 Å². The molecular weight excluding hydrogens is 324 g/mol. The average Bonchev–Trinajstić information content (AvgIpc) is 3.21. The van der Waals surface area contributed by atoms with Crippen molar-refractivity contribution in [3.8, 4) is 0 Å². The number of aromatic nitrogens is 2. The first-order chi connectivity index (χ1) is 11.2. The minimum Gasteiger partial charge on any atom is -0.339 e. The summed E-state index contributed by atoms with van der Waals surface area (Å²) in [6.45, 7) is 10.2. The van der Waals surface area contributed by atoms with Crippen molar-refractivity contribution in [3.05, 3.63) is 11.7 Å². The van der Waals surface area contributed by atoms with Crippen molar-refractivity contribution in [2.75, 3.05) is 32.7 Å². The molecule has 1 aromatic rings. The van der Waals surface area contributed by atoms with Crippen molar-refractivity contribution in [1.82, 2.24) is 20.4 Å². The molecule has 0 spiro atoms. The Balaban J connectivity index is 0.00000169. The van der Waals surface area contributed by atoms with Crippen molar-refractivity contribution in [2.24, 2.45) is 11.8 Å². The predicted molar refractivity (Wildman–Crippen MR) is 96.7 cm³/mol. The molecule has 136 valence electrons. The summed E-state index contributed by atoms with van der Waals surface area (Å²) in [7, 11) is 0. The van der Waals surface area contributed by atoms with Crippen LogP contribution in [0.4, 0.5) is 0 Å². The van der Waals surface area contributed by atoms with Crippen molar-refractivity contribution in [2.45, 2.75) is 57.3 Å². The zero-order valence-electron chi connectivity index (χ0n) is 15.0. The highest BCUT2D eigenvalue weighted by Gasteiger charge is 2.54. The van der Waals surface area contributed by atoms with Crippen LogP contribution in [-0.4, -0.2) is 47.8 Å². The summed E-state index contributed by atoms with van der Waals surface area (Å²) < 4.78 is 5.75. The van der Waals surface area contributed by atoms with Crippen molar-refractivity contribution in [3.63, 3.8) is 0 Å². The molecule has 0 aromatic carbocycles. The Morgan fingerprint density at radius 2 is 2.21 bits per heavy atom. The van der Waals surface area contributed by atoms with Gasteiger partial charge in [0.05, 0.1) is 5.41 Å². The lowest BCUT2D eigenvalue weighted by Gasteiger charge is -2.29. The van der Waals surface area contributed by atoms with Crippen LogP contribution >= 0.6 is 12.4 Å². The normalized spacial score (nSPS) is 33.6. The molecule has 1 saturated carbocycles. The molecule has 0 radical (unpaired) electrons. The Labute approximate surface area is 151 Å². The number of hydrogen-bond acceptors (Lipinski definition) is 5. The second-order valence-electron chi connectivity index (χ2n) is 8.26. The van der Waals surface area contributed by atoms with Gasteiger partial charge in [-0.3, -0.25) is 0 Å². The lowest BCUT2D eigenvalue weighted by atomic mass is 9.80. The summed E-state index contributed by atoms with van der Waals surface area (Å²) in [5.74, 6) is 3.66. The number of hydrogen-bond donors (Lipinski definition) is 1. The fraction of sp³-hybridized carbons (Fsp3) is 0.889. The summed E-state index contributed by atoms with van der Waals surface area (Å²) >= 11 is 0. The van der Waals surface area contributed by atoms with Crippen LogP contribution in [0.15, 0.2) is 4.52 Å². The molecule has 3 aliphatic rings. The quantitative estimate of drug-likeness (QED) is 0.900. The lowest BCUT2D eigenvalue weighted by molar-refractivity contribution is 0.214. The van der Waals surface area contributed by atoms with E-state index < -0.39 is 0 Å². The molecule has 3 atom stereocenters. The maximum absolute atomic E-state index is 5.75. The highest BCUT2D eigenvalue weighted by Crippen LogP contribution is 2.50. The maximum Gasteiger partial charge on any atom is 0.234 e. The van der Waals surface area contributed by atoms with E-state index in [2.05, 4.69) is 29.2 Å². The number of piperidine rings is 1. The number of halogens is 1. The van der Waals surface area contributed by atoms with Crippen molar-refractivity contribution >= 4 is 12.4 Å². The van der Waals surface area contributed by atoms with Crippen LogP contribution in [0.3, 0.4) is 0 Å². The maximum atomic E-state index is 5.75. The van der Waals surface area contributed by atoms with Crippen LogP contribution in [0, 0.1) is 11.8 Å². The molecule has 3 heterocycles. The van der Waals surface area contributed by atoms with Crippen LogP contribution in [0.25, 0.3) is 0 Å². The predicted octanol–water partition coefficient (Wildman–Crippen LogP) is 2.97. The van der Waals surface area contributed by atoms with E-state index in [0.717, 1.165) is 24.2 Å². The van der Waals surface area contributed by atoms with Crippen molar-refractivity contribution in [1.29, 1.82) is 0 Å². The Hall–Kier alpha value is -0.650. The van der Waals surface area contributed by atoms with Gasteiger partial charge in [-0.2, -0.15) is 4.98 Å². The van der Waals surface area contributed by atoms with Crippen LogP contribution in [0.1, 0.15) is 63.6 Å². The summed E-state index contributed by atoms with van der Waals surface area (Å²) in [5.41, 5.74) is 0.141. The zero-order valence-corrected chi connectivity index (χ0v) is 15.8. The molecular formula is C18H31ClN4O. The van der Waals surface area contributed by atoms with Gasteiger partial charge in [-0.25, -0.2) is 0 Å². The monoisotopic (exact) mass is 354 g/mol. The first-order valence-electron chi connectivity index (χ1n) is 9.44. The minimum atomic E-state index is 0. The van der Waals surface area contributed by atoms with E-state index in [9.17, 15) is 0 Å². The number of rotatable bonds is 4. The van der Waals surface area contributed by atoms with E-state index in [-0.39, 0.29) is 17.8 Å². The minimum absolute atomic E-state index is 0. The first kappa shape index (κ1) is 18.2. The lowest BCUT2D eigenvalue weighted by Crippen LogP contribution is -2.39. The number of fused-ring (bicyclic) bond motifs is 1. The molecule has 1 aromatic heterocycles. The molecule has 0 amide bonds. The Morgan fingerprint density at radius 3 is 2.92 bits per heavy atom. The number of nitrogens with zero attached hydrogens (tertiary/aromatic N) is 3. The highest BCUT2D eigenvalue weighted by molar-refractivity contribution is 5.85. The van der Waals surface area contributed by atoms with Gasteiger partial charge in [0.1, 0.15) is 0 Å². The molecule has 1 N–H and O–H groups in total. The van der Waals surface area contributed by atoms with Crippen molar-refractivity contribution < 1.29 is 4.52 Å². The molecule has 2 saturated heterocycles. The molecule has 2 aliphatic heterocycles. The SMILES string of the molecule is CC(C)c1noc([C@@]23CCC[C@@H]2CN(CC2CCCNC2)C3)n1.Cl. The highest BCUT2D eigenvalue weighted by atomic mass is 35.5. The third-order valence-corrected chi connectivity index (χ3v) is 6.24. The fourth-order valence-electron chi connectivity index (χ4n) is 5.00. The largest absolute Gasteiger partial charge is 0.339 e. The van der Waals surface area contributed by atoms with Gasteiger partial charge in [0.15, 0.2) is 5.82 Å². The molecule has 5 nitrogen and oxygen atoms in total. The summed E-state index contributed by atoms with van der Waals surface area (Å²) in [4.78, 5) is 7.47. The average molecular weight is 355 g/mol. The topological polar surface area (TPSA) is 54.2 Å². The Kier molecular flexibility index (Phi) is 5.52. The molecule has 4 rings (SSSR count). The van der Waals surface area contributed by atoms with E-state index in [4.69, 9.17) is 9.51 Å². The third kappa shape index (κ3) is 3.23. The van der Waals surface area contributed by atoms with E-state index in [1.165, 1.54) is 58.3 Å². The molecule has 3 fully saturated rings. The second-order valence-corrected chi connectivity index (χ2v) is 8.26. The van der Waals surface area contributed by atoms with Gasteiger partial charge in [-0.15, -0.1) is 12.4 Å². The summed E-state index contributed by atoms with van der Waals surface area (Å²) in [6, 6.07) is 0. The Bertz CT molecular complexity index is 543. The summed E-state index contributed by atoms with van der Waals surface area (Å²) in [6.07, 6.45) is 6.55. The standard InChI is InChI=1S/C18H30N4O.ClH/c1-13(2)16-20-17(23-21-16)18-7-3-6-15(18)11-22(12-18)10-14-5-4-8-19-9-14;/h13-15,19H,3-12H2,1-2H3;1H/t14?,15-,18-;/m1./s1. The zero-order chi connectivity index (χ0) is 15.9. The molecule has 0 bridgehead atoms. The third-order valence-electron chi connectivity index (χ3n) is 6.24. The van der Waals surface area contributed by atoms with E-state index in [0.29, 0.717) is 11.8 Å². The number of nitrogens with one attached hydrogen (secondary N) is 1. The van der Waals surface area contributed by atoms with Gasteiger partial charge >= 0.3 is 0 Å². The van der Waals surface area contributed by atoms with Gasteiger partial charge in [-0.1, -0.05) is 25.4 Å². The van der Waals surface area contributed by atoms with Gasteiger partial charge < -0.3 is 14.7 Å². The smallest absolute Gasteiger partial charge is 0.234 e. The van der Waals surface area contributed by atoms with Crippen LogP contribution in [0.2, 0.25) is 0 Å². The van der Waals surface area contributed by atoms with Gasteiger partial charge in [0.2, 0.25) is 5.89 Å². The Morgan fingerprint density at radius 1 is 1.33 bits per heavy atom. The van der Waals surface area contributed by atoms with E-state index in [1.54, 1.807) is 0 Å². The number of likely N-dealkylation sites (tertiary alicyclic amines) is 1. The van der Waals surface area contributed by atoms with Crippen LogP contribution in [-0.2, 0) is 5.41 Å². The summed E-state index contributed by atoms with van der Waals surface area (Å²) in [5, 5.41) is 7.79. The van der Waals surface area contributed by atoms with Crippen LogP contribution in [0.5, 0.6) is 0 Å². The van der Waals surface area contributed by atoms with E-state index >= 15 is 0 Å². The second kappa shape index (κ2) is 7.30.